The lowest BCUT2D eigenvalue weighted by atomic mass is 9.96. The van der Waals surface area contributed by atoms with E-state index in [4.69, 9.17) is 16.3 Å². The first-order chi connectivity index (χ1) is 8.69. The Kier molecular flexibility index (Phi) is 4.95. The van der Waals surface area contributed by atoms with Crippen molar-refractivity contribution < 1.29 is 19.4 Å². The molecule has 19 heavy (non-hydrogen) atoms. The van der Waals surface area contributed by atoms with E-state index in [2.05, 4.69) is 0 Å². The molecule has 0 aromatic heterocycles. The Morgan fingerprint density at radius 2 is 1.79 bits per heavy atom. The number of esters is 1. The lowest BCUT2D eigenvalue weighted by Crippen LogP contribution is -2.26. The van der Waals surface area contributed by atoms with Crippen LogP contribution in [0.5, 0.6) is 0 Å². The number of carboxylic acids is 1. The molecule has 0 bridgehead atoms. The monoisotopic (exact) mass is 284 g/mol. The fourth-order valence-corrected chi connectivity index (χ4v) is 1.72. The number of carbonyl (C=O) groups is 2. The van der Waals surface area contributed by atoms with E-state index >= 15 is 0 Å². The van der Waals surface area contributed by atoms with Gasteiger partial charge < -0.3 is 9.84 Å². The molecule has 0 aliphatic carbocycles. The standard InChI is InChI=1S/C14H17ClO4/c1-14(2,3)19-12(16)8-11(13(17)18)9-4-6-10(15)7-5-9/h4-7,11H,8H2,1-3H3,(H,17,18)/t11-/m1/s1. The molecule has 0 aliphatic rings. The minimum absolute atomic E-state index is 0.200. The second kappa shape index (κ2) is 6.06. The van der Waals surface area contributed by atoms with Crippen LogP contribution in [0, 0.1) is 0 Å². The second-order valence-electron chi connectivity index (χ2n) is 5.23. The lowest BCUT2D eigenvalue weighted by Gasteiger charge is -2.21. The molecule has 0 aliphatic heterocycles. The number of carbonyl (C=O) groups excluding carboxylic acids is 1. The van der Waals surface area contributed by atoms with E-state index in [1.807, 2.05) is 0 Å². The Hall–Kier alpha value is -1.55. The number of ether oxygens (including phenoxy) is 1. The number of rotatable bonds is 4. The summed E-state index contributed by atoms with van der Waals surface area (Å²) in [5.74, 6) is -2.52. The van der Waals surface area contributed by atoms with Crippen LogP contribution in [0.1, 0.15) is 38.7 Å². The molecule has 0 amide bonds. The van der Waals surface area contributed by atoms with Crippen molar-refractivity contribution in [2.45, 2.75) is 38.7 Å². The molecule has 0 heterocycles. The fourth-order valence-electron chi connectivity index (χ4n) is 1.59. The summed E-state index contributed by atoms with van der Waals surface area (Å²) in [6.07, 6.45) is -0.200. The molecular formula is C14H17ClO4. The zero-order valence-electron chi connectivity index (χ0n) is 11.1. The smallest absolute Gasteiger partial charge is 0.311 e. The van der Waals surface area contributed by atoms with Gasteiger partial charge in [-0.15, -0.1) is 0 Å². The van der Waals surface area contributed by atoms with Gasteiger partial charge in [-0.05, 0) is 38.5 Å². The summed E-state index contributed by atoms with van der Waals surface area (Å²) in [7, 11) is 0. The first-order valence-electron chi connectivity index (χ1n) is 5.89. The Morgan fingerprint density at radius 3 is 2.21 bits per heavy atom. The van der Waals surface area contributed by atoms with E-state index in [0.717, 1.165) is 0 Å². The molecule has 1 aromatic carbocycles. The number of carboxylic acid groups (broad SMARTS) is 1. The van der Waals surface area contributed by atoms with Crippen molar-refractivity contribution in [3.63, 3.8) is 0 Å². The Balaban J connectivity index is 2.82. The number of hydrogen-bond donors (Lipinski definition) is 1. The van der Waals surface area contributed by atoms with Gasteiger partial charge in [0, 0.05) is 5.02 Å². The Morgan fingerprint density at radius 1 is 1.26 bits per heavy atom. The van der Waals surface area contributed by atoms with E-state index in [1.165, 1.54) is 0 Å². The number of aliphatic carboxylic acids is 1. The van der Waals surface area contributed by atoms with Crippen molar-refractivity contribution in [1.29, 1.82) is 0 Å². The second-order valence-corrected chi connectivity index (χ2v) is 5.67. The van der Waals surface area contributed by atoms with Gasteiger partial charge in [0.15, 0.2) is 0 Å². The van der Waals surface area contributed by atoms with Gasteiger partial charge in [-0.2, -0.15) is 0 Å². The van der Waals surface area contributed by atoms with Crippen LogP contribution in [0.15, 0.2) is 24.3 Å². The molecule has 0 saturated heterocycles. The molecule has 0 fully saturated rings. The van der Waals surface area contributed by atoms with E-state index in [-0.39, 0.29) is 6.42 Å². The lowest BCUT2D eigenvalue weighted by molar-refractivity contribution is -0.158. The van der Waals surface area contributed by atoms with Gasteiger partial charge in [-0.25, -0.2) is 0 Å². The summed E-state index contributed by atoms with van der Waals surface area (Å²) < 4.78 is 5.14. The molecule has 5 heteroatoms. The third-order valence-corrected chi connectivity index (χ3v) is 2.61. The number of hydrogen-bond acceptors (Lipinski definition) is 3. The van der Waals surface area contributed by atoms with Crippen molar-refractivity contribution in [1.82, 2.24) is 0 Å². The SMILES string of the molecule is CC(C)(C)OC(=O)C[C@@H](C(=O)O)c1ccc(Cl)cc1. The van der Waals surface area contributed by atoms with Crippen molar-refractivity contribution >= 4 is 23.5 Å². The highest BCUT2D eigenvalue weighted by molar-refractivity contribution is 6.30. The molecule has 0 saturated carbocycles. The normalized spacial score (nSPS) is 12.8. The largest absolute Gasteiger partial charge is 0.481 e. The fraction of sp³-hybridized carbons (Fsp3) is 0.429. The van der Waals surface area contributed by atoms with E-state index in [9.17, 15) is 14.7 Å². The number of benzene rings is 1. The van der Waals surface area contributed by atoms with Crippen molar-refractivity contribution in [2.75, 3.05) is 0 Å². The predicted molar refractivity (Wildman–Crippen MR) is 72.3 cm³/mol. The zero-order valence-corrected chi connectivity index (χ0v) is 11.9. The zero-order chi connectivity index (χ0) is 14.6. The van der Waals surface area contributed by atoms with Gasteiger partial charge in [-0.1, -0.05) is 23.7 Å². The molecule has 4 nitrogen and oxygen atoms in total. The molecule has 1 aromatic rings. The first-order valence-corrected chi connectivity index (χ1v) is 6.27. The molecule has 0 spiro atoms. The van der Waals surface area contributed by atoms with Crippen LogP contribution in [0.2, 0.25) is 5.02 Å². The summed E-state index contributed by atoms with van der Waals surface area (Å²) in [4.78, 5) is 22.9. The predicted octanol–water partition coefficient (Wildman–Crippen LogP) is 3.24. The van der Waals surface area contributed by atoms with E-state index in [0.29, 0.717) is 10.6 Å². The highest BCUT2D eigenvalue weighted by atomic mass is 35.5. The topological polar surface area (TPSA) is 63.6 Å². The molecule has 0 unspecified atom stereocenters. The quantitative estimate of drug-likeness (QED) is 0.862. The first kappa shape index (κ1) is 15.5. The minimum Gasteiger partial charge on any atom is -0.481 e. The maximum atomic E-state index is 11.7. The molecule has 0 radical (unpaired) electrons. The summed E-state index contributed by atoms with van der Waals surface area (Å²) >= 11 is 5.75. The van der Waals surface area contributed by atoms with Gasteiger partial charge in [0.25, 0.3) is 0 Å². The summed E-state index contributed by atoms with van der Waals surface area (Å²) in [6, 6.07) is 6.40. The highest BCUT2D eigenvalue weighted by Crippen LogP contribution is 2.23. The Bertz CT molecular complexity index is 459. The van der Waals surface area contributed by atoms with Crippen LogP contribution < -0.4 is 0 Å². The highest BCUT2D eigenvalue weighted by Gasteiger charge is 2.26. The van der Waals surface area contributed by atoms with Crippen LogP contribution in [-0.2, 0) is 14.3 Å². The van der Waals surface area contributed by atoms with E-state index in [1.54, 1.807) is 45.0 Å². The van der Waals surface area contributed by atoms with Gasteiger partial charge in [0.1, 0.15) is 5.60 Å². The molecule has 1 rings (SSSR count). The maximum Gasteiger partial charge on any atom is 0.311 e. The maximum absolute atomic E-state index is 11.7. The summed E-state index contributed by atoms with van der Waals surface area (Å²) in [6.45, 7) is 5.22. The third kappa shape index (κ3) is 5.30. The average molecular weight is 285 g/mol. The molecule has 1 atom stereocenters. The van der Waals surface area contributed by atoms with Crippen LogP contribution >= 0.6 is 11.6 Å². The molecule has 104 valence electrons. The van der Waals surface area contributed by atoms with Crippen molar-refractivity contribution in [2.24, 2.45) is 0 Å². The van der Waals surface area contributed by atoms with Crippen molar-refractivity contribution in [3.8, 4) is 0 Å². The van der Waals surface area contributed by atoms with Crippen LogP contribution in [0.3, 0.4) is 0 Å². The van der Waals surface area contributed by atoms with Gasteiger partial charge in [0.05, 0.1) is 12.3 Å². The average Bonchev–Trinajstić information content (AvgIpc) is 2.24. The third-order valence-electron chi connectivity index (χ3n) is 2.36. The van der Waals surface area contributed by atoms with Crippen molar-refractivity contribution in [3.05, 3.63) is 34.9 Å². The van der Waals surface area contributed by atoms with E-state index < -0.39 is 23.5 Å². The molecule has 1 N–H and O–H groups in total. The van der Waals surface area contributed by atoms with Crippen LogP contribution in [0.4, 0.5) is 0 Å². The minimum atomic E-state index is -1.06. The van der Waals surface area contributed by atoms with Gasteiger partial charge in [0.2, 0.25) is 0 Å². The van der Waals surface area contributed by atoms with Crippen LogP contribution in [0.25, 0.3) is 0 Å². The number of halogens is 1. The van der Waals surface area contributed by atoms with Crippen LogP contribution in [-0.4, -0.2) is 22.6 Å². The van der Waals surface area contributed by atoms with Gasteiger partial charge in [-0.3, -0.25) is 9.59 Å². The van der Waals surface area contributed by atoms with Gasteiger partial charge >= 0.3 is 11.9 Å². The summed E-state index contributed by atoms with van der Waals surface area (Å²) in [5.41, 5.74) is -0.0945. The Labute approximate surface area is 117 Å². The summed E-state index contributed by atoms with van der Waals surface area (Å²) in [5, 5.41) is 9.72. The molecular weight excluding hydrogens is 268 g/mol.